The Bertz CT molecular complexity index is 390. The van der Waals surface area contributed by atoms with E-state index in [1.54, 1.807) is 0 Å². The second-order valence-electron chi connectivity index (χ2n) is 5.10. The maximum absolute atomic E-state index is 11.1. The number of carbonyl (C=O) groups is 1. The van der Waals surface area contributed by atoms with Gasteiger partial charge in [-0.1, -0.05) is 36.2 Å². The van der Waals surface area contributed by atoms with Crippen LogP contribution in [0.4, 0.5) is 0 Å². The van der Waals surface area contributed by atoms with Gasteiger partial charge in [0.15, 0.2) is 0 Å². The Morgan fingerprint density at radius 2 is 2.05 bits per heavy atom. The average molecular weight is 277 g/mol. The molecular weight excluding hydrogens is 250 g/mol. The summed E-state index contributed by atoms with van der Waals surface area (Å²) < 4.78 is 4.89. The van der Waals surface area contributed by atoms with Crippen molar-refractivity contribution in [1.29, 1.82) is 0 Å². The van der Waals surface area contributed by atoms with Gasteiger partial charge in [0, 0.05) is 6.42 Å². The number of benzene rings is 1. The van der Waals surface area contributed by atoms with Gasteiger partial charge in [-0.05, 0) is 51.8 Å². The van der Waals surface area contributed by atoms with Crippen molar-refractivity contribution in [3.05, 3.63) is 35.4 Å². The van der Waals surface area contributed by atoms with E-state index in [0.29, 0.717) is 13.0 Å². The predicted octanol–water partition coefficient (Wildman–Crippen LogP) is 3.25. The van der Waals surface area contributed by atoms with Crippen LogP contribution in [0.5, 0.6) is 0 Å². The van der Waals surface area contributed by atoms with Crippen molar-refractivity contribution in [2.45, 2.75) is 46.0 Å². The van der Waals surface area contributed by atoms with Gasteiger partial charge in [0.1, 0.15) is 0 Å². The minimum absolute atomic E-state index is 0.0695. The first-order valence-electron chi connectivity index (χ1n) is 7.64. The predicted molar refractivity (Wildman–Crippen MR) is 82.9 cm³/mol. The molecule has 0 unspecified atom stereocenters. The zero-order chi connectivity index (χ0) is 14.6. The highest BCUT2D eigenvalue weighted by molar-refractivity contribution is 5.69. The fraction of sp³-hybridized carbons (Fsp3) is 0.588. The molecule has 3 nitrogen and oxygen atoms in total. The van der Waals surface area contributed by atoms with Gasteiger partial charge in [0.05, 0.1) is 6.61 Å². The first kappa shape index (κ1) is 16.7. The molecule has 0 aliphatic heterocycles. The highest BCUT2D eigenvalue weighted by Gasteiger charge is 2.00. The number of esters is 1. The first-order chi connectivity index (χ1) is 9.72. The van der Waals surface area contributed by atoms with E-state index in [4.69, 9.17) is 4.74 Å². The highest BCUT2D eigenvalue weighted by Crippen LogP contribution is 2.04. The molecule has 0 atom stereocenters. The van der Waals surface area contributed by atoms with Crippen LogP contribution < -0.4 is 5.32 Å². The van der Waals surface area contributed by atoms with Gasteiger partial charge >= 0.3 is 5.97 Å². The maximum atomic E-state index is 11.1. The zero-order valence-electron chi connectivity index (χ0n) is 12.8. The van der Waals surface area contributed by atoms with Gasteiger partial charge in [0.2, 0.25) is 0 Å². The third-order valence-corrected chi connectivity index (χ3v) is 3.21. The molecule has 112 valence electrons. The van der Waals surface area contributed by atoms with Crippen LogP contribution in [0.15, 0.2) is 24.3 Å². The summed E-state index contributed by atoms with van der Waals surface area (Å²) >= 11 is 0. The van der Waals surface area contributed by atoms with Gasteiger partial charge in [0.25, 0.3) is 0 Å². The fourth-order valence-electron chi connectivity index (χ4n) is 2.15. The number of nitrogens with one attached hydrogen (secondary N) is 1. The summed E-state index contributed by atoms with van der Waals surface area (Å²) in [6.45, 7) is 6.49. The molecule has 0 saturated carbocycles. The number of unbranched alkanes of at least 4 members (excludes halogenated alkanes) is 2. The van der Waals surface area contributed by atoms with Crippen LogP contribution in [0.3, 0.4) is 0 Å². The molecule has 0 radical (unpaired) electrons. The molecule has 0 bridgehead atoms. The van der Waals surface area contributed by atoms with Gasteiger partial charge < -0.3 is 10.1 Å². The van der Waals surface area contributed by atoms with E-state index >= 15 is 0 Å². The lowest BCUT2D eigenvalue weighted by atomic mass is 10.1. The lowest BCUT2D eigenvalue weighted by molar-refractivity contribution is -0.143. The van der Waals surface area contributed by atoms with Crippen LogP contribution in [0.1, 0.15) is 43.7 Å². The minimum atomic E-state index is -0.0695. The molecule has 1 aromatic rings. The van der Waals surface area contributed by atoms with Crippen molar-refractivity contribution < 1.29 is 9.53 Å². The maximum Gasteiger partial charge on any atom is 0.305 e. The van der Waals surface area contributed by atoms with E-state index in [-0.39, 0.29) is 5.97 Å². The second-order valence-corrected chi connectivity index (χ2v) is 5.10. The smallest absolute Gasteiger partial charge is 0.305 e. The van der Waals surface area contributed by atoms with Crippen LogP contribution in [0.25, 0.3) is 0 Å². The largest absolute Gasteiger partial charge is 0.466 e. The van der Waals surface area contributed by atoms with E-state index in [2.05, 4.69) is 36.5 Å². The minimum Gasteiger partial charge on any atom is -0.466 e. The van der Waals surface area contributed by atoms with Crippen LogP contribution >= 0.6 is 0 Å². The standard InChI is InChI=1S/C17H27NO2/c1-3-20-17(19)10-5-4-6-12-18-13-11-16-9-7-8-15(2)14-16/h7-9,14,18H,3-6,10-13H2,1-2H3. The third-order valence-electron chi connectivity index (χ3n) is 3.21. The Balaban J connectivity index is 1.94. The second kappa shape index (κ2) is 10.4. The normalized spacial score (nSPS) is 10.5. The monoisotopic (exact) mass is 277 g/mol. The van der Waals surface area contributed by atoms with Crippen molar-refractivity contribution in [3.63, 3.8) is 0 Å². The Labute approximate surface area is 122 Å². The molecule has 0 fully saturated rings. The summed E-state index contributed by atoms with van der Waals surface area (Å²) in [5.74, 6) is -0.0695. The Morgan fingerprint density at radius 1 is 1.20 bits per heavy atom. The van der Waals surface area contributed by atoms with Crippen LogP contribution in [0.2, 0.25) is 0 Å². The van der Waals surface area contributed by atoms with Crippen LogP contribution in [0, 0.1) is 6.92 Å². The molecule has 20 heavy (non-hydrogen) atoms. The quantitative estimate of drug-likeness (QED) is 0.527. The van der Waals surface area contributed by atoms with Crippen molar-refractivity contribution in [2.75, 3.05) is 19.7 Å². The Morgan fingerprint density at radius 3 is 2.80 bits per heavy atom. The van der Waals surface area contributed by atoms with Crippen LogP contribution in [-0.2, 0) is 16.0 Å². The first-order valence-corrected chi connectivity index (χ1v) is 7.64. The van der Waals surface area contributed by atoms with Crippen LogP contribution in [-0.4, -0.2) is 25.7 Å². The molecule has 0 aliphatic rings. The number of hydrogen-bond donors (Lipinski definition) is 1. The molecule has 1 N–H and O–H groups in total. The summed E-state index contributed by atoms with van der Waals surface area (Å²) in [6, 6.07) is 8.65. The van der Waals surface area contributed by atoms with Gasteiger partial charge in [-0.15, -0.1) is 0 Å². The molecule has 0 spiro atoms. The summed E-state index contributed by atoms with van der Waals surface area (Å²) in [6.07, 6.45) is 4.75. The van der Waals surface area contributed by atoms with Crippen molar-refractivity contribution in [2.24, 2.45) is 0 Å². The summed E-state index contributed by atoms with van der Waals surface area (Å²) in [5.41, 5.74) is 2.71. The topological polar surface area (TPSA) is 38.3 Å². The SMILES string of the molecule is CCOC(=O)CCCCCNCCc1cccc(C)c1. The summed E-state index contributed by atoms with van der Waals surface area (Å²) in [7, 11) is 0. The Kier molecular flexibility index (Phi) is 8.72. The molecule has 0 saturated heterocycles. The lowest BCUT2D eigenvalue weighted by Gasteiger charge is -2.06. The van der Waals surface area contributed by atoms with Gasteiger partial charge in [-0.3, -0.25) is 4.79 Å². The molecular formula is C17H27NO2. The molecule has 0 aliphatic carbocycles. The van der Waals surface area contributed by atoms with Gasteiger partial charge in [-0.2, -0.15) is 0 Å². The Hall–Kier alpha value is -1.35. The van der Waals surface area contributed by atoms with Gasteiger partial charge in [-0.25, -0.2) is 0 Å². The average Bonchev–Trinajstić information content (AvgIpc) is 2.42. The fourth-order valence-corrected chi connectivity index (χ4v) is 2.15. The van der Waals surface area contributed by atoms with E-state index in [1.807, 2.05) is 6.92 Å². The zero-order valence-corrected chi connectivity index (χ0v) is 12.8. The number of ether oxygens (including phenoxy) is 1. The third kappa shape index (κ3) is 7.95. The molecule has 3 heteroatoms. The molecule has 0 heterocycles. The van der Waals surface area contributed by atoms with E-state index in [0.717, 1.165) is 38.8 Å². The molecule has 1 aromatic carbocycles. The van der Waals surface area contributed by atoms with E-state index in [9.17, 15) is 4.79 Å². The summed E-state index contributed by atoms with van der Waals surface area (Å²) in [4.78, 5) is 11.1. The highest BCUT2D eigenvalue weighted by atomic mass is 16.5. The molecule has 1 rings (SSSR count). The number of rotatable bonds is 10. The number of hydrogen-bond acceptors (Lipinski definition) is 3. The molecule has 0 aromatic heterocycles. The number of aryl methyl sites for hydroxylation is 1. The number of carbonyl (C=O) groups excluding carboxylic acids is 1. The van der Waals surface area contributed by atoms with E-state index in [1.165, 1.54) is 11.1 Å². The van der Waals surface area contributed by atoms with Crippen molar-refractivity contribution >= 4 is 5.97 Å². The molecule has 0 amide bonds. The van der Waals surface area contributed by atoms with Crippen molar-refractivity contribution in [3.8, 4) is 0 Å². The lowest BCUT2D eigenvalue weighted by Crippen LogP contribution is -2.18. The van der Waals surface area contributed by atoms with E-state index < -0.39 is 0 Å². The van der Waals surface area contributed by atoms with Crippen molar-refractivity contribution in [1.82, 2.24) is 5.32 Å². The summed E-state index contributed by atoms with van der Waals surface area (Å²) in [5, 5.41) is 3.45.